The van der Waals surface area contributed by atoms with Crippen molar-refractivity contribution in [2.75, 3.05) is 13.7 Å². The summed E-state index contributed by atoms with van der Waals surface area (Å²) in [7, 11) is 1.39. The van der Waals surface area contributed by atoms with Gasteiger partial charge in [-0.3, -0.25) is 4.79 Å². The van der Waals surface area contributed by atoms with Gasteiger partial charge in [0.1, 0.15) is 5.75 Å². The van der Waals surface area contributed by atoms with Crippen LogP contribution in [0.1, 0.15) is 44.6 Å². The van der Waals surface area contributed by atoms with Crippen LogP contribution in [-0.2, 0) is 9.53 Å². The SMILES string of the molecule is CC#C[C@@H](CC(=O)OC)c1ccc(OCCCC)cc1. The highest BCUT2D eigenvalue weighted by atomic mass is 16.5. The summed E-state index contributed by atoms with van der Waals surface area (Å²) in [5.74, 6) is 6.38. The Bertz CT molecular complexity index is 465. The second-order valence-corrected chi connectivity index (χ2v) is 4.50. The number of unbranched alkanes of at least 4 members (excludes halogenated alkanes) is 1. The highest BCUT2D eigenvalue weighted by Crippen LogP contribution is 2.22. The number of hydrogen-bond acceptors (Lipinski definition) is 3. The van der Waals surface area contributed by atoms with Crippen LogP contribution in [0.3, 0.4) is 0 Å². The summed E-state index contributed by atoms with van der Waals surface area (Å²) in [6.07, 6.45) is 2.44. The first-order valence-corrected chi connectivity index (χ1v) is 6.93. The van der Waals surface area contributed by atoms with Gasteiger partial charge in [-0.2, -0.15) is 0 Å². The van der Waals surface area contributed by atoms with Crippen LogP contribution in [-0.4, -0.2) is 19.7 Å². The van der Waals surface area contributed by atoms with Crippen LogP contribution in [0.5, 0.6) is 5.75 Å². The van der Waals surface area contributed by atoms with Gasteiger partial charge in [0.15, 0.2) is 0 Å². The second kappa shape index (κ2) is 9.03. The molecule has 0 heterocycles. The van der Waals surface area contributed by atoms with Gasteiger partial charge >= 0.3 is 5.97 Å². The molecule has 0 amide bonds. The number of ether oxygens (including phenoxy) is 2. The van der Waals surface area contributed by atoms with Crippen LogP contribution < -0.4 is 4.74 Å². The van der Waals surface area contributed by atoms with E-state index in [1.54, 1.807) is 6.92 Å². The molecule has 0 saturated carbocycles. The molecule has 3 nitrogen and oxygen atoms in total. The fourth-order valence-electron chi connectivity index (χ4n) is 1.81. The van der Waals surface area contributed by atoms with E-state index < -0.39 is 0 Å². The number of carbonyl (C=O) groups excluding carboxylic acids is 1. The minimum absolute atomic E-state index is 0.128. The molecule has 1 rings (SSSR count). The minimum atomic E-state index is -0.249. The number of methoxy groups -OCH3 is 1. The van der Waals surface area contributed by atoms with Gasteiger partial charge in [0.25, 0.3) is 0 Å². The van der Waals surface area contributed by atoms with Crippen LogP contribution in [0.15, 0.2) is 24.3 Å². The van der Waals surface area contributed by atoms with Crippen molar-refractivity contribution < 1.29 is 14.3 Å². The quantitative estimate of drug-likeness (QED) is 0.433. The largest absolute Gasteiger partial charge is 0.494 e. The molecule has 1 aromatic rings. The summed E-state index contributed by atoms with van der Waals surface area (Å²) < 4.78 is 10.3. The van der Waals surface area contributed by atoms with E-state index in [9.17, 15) is 4.79 Å². The first-order valence-electron chi connectivity index (χ1n) is 6.93. The molecule has 0 radical (unpaired) electrons. The van der Waals surface area contributed by atoms with Gasteiger partial charge in [-0.25, -0.2) is 0 Å². The monoisotopic (exact) mass is 274 g/mol. The van der Waals surface area contributed by atoms with Gasteiger partial charge in [-0.1, -0.05) is 31.4 Å². The van der Waals surface area contributed by atoms with Gasteiger partial charge in [0, 0.05) is 0 Å². The highest BCUT2D eigenvalue weighted by molar-refractivity contribution is 5.71. The maximum atomic E-state index is 11.4. The van der Waals surface area contributed by atoms with Crippen LogP contribution in [0.25, 0.3) is 0 Å². The zero-order valence-electron chi connectivity index (χ0n) is 12.4. The average Bonchev–Trinajstić information content (AvgIpc) is 2.47. The molecule has 1 atom stereocenters. The summed E-state index contributed by atoms with van der Waals surface area (Å²) in [4.78, 5) is 11.4. The standard InChI is InChI=1S/C17H22O3/c1-4-6-12-20-16-10-8-14(9-11-16)15(7-5-2)13-17(18)19-3/h8-11,15H,4,6,12-13H2,1-3H3/t15-/m0/s1. The number of benzene rings is 1. The summed E-state index contributed by atoms with van der Waals surface area (Å²) in [6, 6.07) is 7.76. The van der Waals surface area contributed by atoms with Crippen molar-refractivity contribution in [1.82, 2.24) is 0 Å². The second-order valence-electron chi connectivity index (χ2n) is 4.50. The Morgan fingerprint density at radius 3 is 2.55 bits per heavy atom. The van der Waals surface area contributed by atoms with Crippen LogP contribution >= 0.6 is 0 Å². The zero-order chi connectivity index (χ0) is 14.8. The molecule has 0 unspecified atom stereocenters. The Morgan fingerprint density at radius 2 is 2.00 bits per heavy atom. The molecule has 108 valence electrons. The van der Waals surface area contributed by atoms with Crippen molar-refractivity contribution in [2.45, 2.75) is 39.0 Å². The van der Waals surface area contributed by atoms with E-state index in [0.717, 1.165) is 30.8 Å². The molecule has 0 aliphatic heterocycles. The van der Waals surface area contributed by atoms with E-state index in [1.165, 1.54) is 7.11 Å². The molecular formula is C17H22O3. The Balaban J connectivity index is 2.71. The maximum Gasteiger partial charge on any atom is 0.307 e. The molecule has 0 aliphatic carbocycles. The van der Waals surface area contributed by atoms with Gasteiger partial charge in [0.05, 0.1) is 26.1 Å². The van der Waals surface area contributed by atoms with E-state index in [0.29, 0.717) is 0 Å². The number of hydrogen-bond donors (Lipinski definition) is 0. The smallest absolute Gasteiger partial charge is 0.307 e. The van der Waals surface area contributed by atoms with Gasteiger partial charge in [0.2, 0.25) is 0 Å². The lowest BCUT2D eigenvalue weighted by Gasteiger charge is -2.11. The third-order valence-electron chi connectivity index (χ3n) is 2.97. The van der Waals surface area contributed by atoms with Crippen molar-refractivity contribution in [3.05, 3.63) is 29.8 Å². The zero-order valence-corrected chi connectivity index (χ0v) is 12.4. The van der Waals surface area contributed by atoms with E-state index in [2.05, 4.69) is 18.8 Å². The highest BCUT2D eigenvalue weighted by Gasteiger charge is 2.14. The molecule has 0 N–H and O–H groups in total. The summed E-state index contributed by atoms with van der Waals surface area (Å²) >= 11 is 0. The predicted octanol–water partition coefficient (Wildman–Crippen LogP) is 3.54. The molecule has 20 heavy (non-hydrogen) atoms. The van der Waals surface area contributed by atoms with E-state index in [1.807, 2.05) is 24.3 Å². The van der Waals surface area contributed by atoms with Crippen LogP contribution in [0.2, 0.25) is 0 Å². The number of esters is 1. The van der Waals surface area contributed by atoms with E-state index >= 15 is 0 Å². The molecule has 3 heteroatoms. The predicted molar refractivity (Wildman–Crippen MR) is 79.7 cm³/mol. The van der Waals surface area contributed by atoms with Gasteiger partial charge in [-0.05, 0) is 31.0 Å². The fourth-order valence-corrected chi connectivity index (χ4v) is 1.81. The molecule has 1 aromatic carbocycles. The van der Waals surface area contributed by atoms with Crippen molar-refractivity contribution >= 4 is 5.97 Å². The third-order valence-corrected chi connectivity index (χ3v) is 2.97. The lowest BCUT2D eigenvalue weighted by molar-refractivity contribution is -0.140. The minimum Gasteiger partial charge on any atom is -0.494 e. The summed E-state index contributed by atoms with van der Waals surface area (Å²) in [5.41, 5.74) is 1.01. The molecule has 0 saturated heterocycles. The molecular weight excluding hydrogens is 252 g/mol. The lowest BCUT2D eigenvalue weighted by atomic mass is 9.96. The Labute approximate surface area is 121 Å². The lowest BCUT2D eigenvalue weighted by Crippen LogP contribution is -2.07. The number of rotatable bonds is 7. The Hall–Kier alpha value is -1.95. The third kappa shape index (κ3) is 5.36. The Morgan fingerprint density at radius 1 is 1.30 bits per heavy atom. The molecule has 0 fully saturated rings. The normalized spacial score (nSPS) is 11.2. The van der Waals surface area contributed by atoms with E-state index in [4.69, 9.17) is 9.47 Å². The summed E-state index contributed by atoms with van der Waals surface area (Å²) in [5, 5.41) is 0. The van der Waals surface area contributed by atoms with Gasteiger partial charge < -0.3 is 9.47 Å². The topological polar surface area (TPSA) is 35.5 Å². The first kappa shape index (κ1) is 16.1. The maximum absolute atomic E-state index is 11.4. The first-order chi connectivity index (χ1) is 9.71. The molecule has 0 aliphatic rings. The van der Waals surface area contributed by atoms with Crippen molar-refractivity contribution in [3.63, 3.8) is 0 Å². The van der Waals surface area contributed by atoms with Crippen LogP contribution in [0.4, 0.5) is 0 Å². The van der Waals surface area contributed by atoms with Crippen LogP contribution in [0, 0.1) is 11.8 Å². The van der Waals surface area contributed by atoms with Gasteiger partial charge in [-0.15, -0.1) is 5.92 Å². The molecule has 0 bridgehead atoms. The number of carbonyl (C=O) groups is 1. The molecule has 0 spiro atoms. The van der Waals surface area contributed by atoms with E-state index in [-0.39, 0.29) is 18.3 Å². The van der Waals surface area contributed by atoms with Crippen molar-refractivity contribution in [2.24, 2.45) is 0 Å². The molecule has 0 aromatic heterocycles. The van der Waals surface area contributed by atoms with Crippen molar-refractivity contribution in [3.8, 4) is 17.6 Å². The fraction of sp³-hybridized carbons (Fsp3) is 0.471. The average molecular weight is 274 g/mol. The van der Waals surface area contributed by atoms with Crippen molar-refractivity contribution in [1.29, 1.82) is 0 Å². The Kier molecular flexibility index (Phi) is 7.27. The summed E-state index contributed by atoms with van der Waals surface area (Å²) in [6.45, 7) is 4.63.